The van der Waals surface area contributed by atoms with E-state index in [1.807, 2.05) is 0 Å². The SMILES string of the molecule is O=C(CN1C(=O)COCC1=O)c1cccc(Cl)c1. The first-order chi connectivity index (χ1) is 8.58. The molecule has 2 amide bonds. The number of amides is 2. The van der Waals surface area contributed by atoms with Crippen LogP contribution in [0.3, 0.4) is 0 Å². The molecule has 1 fully saturated rings. The summed E-state index contributed by atoms with van der Waals surface area (Å²) < 4.78 is 4.76. The Morgan fingerprint density at radius 2 is 1.94 bits per heavy atom. The Hall–Kier alpha value is -1.72. The molecule has 1 aliphatic heterocycles. The van der Waals surface area contributed by atoms with E-state index in [9.17, 15) is 14.4 Å². The predicted molar refractivity (Wildman–Crippen MR) is 63.3 cm³/mol. The molecule has 0 atom stereocenters. The van der Waals surface area contributed by atoms with E-state index in [1.54, 1.807) is 18.2 Å². The van der Waals surface area contributed by atoms with Gasteiger partial charge < -0.3 is 4.74 Å². The summed E-state index contributed by atoms with van der Waals surface area (Å²) in [5.74, 6) is -1.33. The molecule has 0 aromatic heterocycles. The van der Waals surface area contributed by atoms with Crippen molar-refractivity contribution in [2.45, 2.75) is 0 Å². The lowest BCUT2D eigenvalue weighted by Crippen LogP contribution is -2.48. The Bertz CT molecular complexity index is 499. The third kappa shape index (κ3) is 2.75. The molecule has 0 spiro atoms. The minimum Gasteiger partial charge on any atom is -0.362 e. The smallest absolute Gasteiger partial charge is 0.255 e. The highest BCUT2D eigenvalue weighted by Gasteiger charge is 2.28. The molecule has 1 heterocycles. The van der Waals surface area contributed by atoms with Crippen molar-refractivity contribution in [1.82, 2.24) is 4.90 Å². The lowest BCUT2D eigenvalue weighted by atomic mass is 10.1. The van der Waals surface area contributed by atoms with Gasteiger partial charge in [-0.1, -0.05) is 23.7 Å². The van der Waals surface area contributed by atoms with Gasteiger partial charge in [-0.25, -0.2) is 0 Å². The van der Waals surface area contributed by atoms with Gasteiger partial charge in [0.15, 0.2) is 5.78 Å². The maximum absolute atomic E-state index is 11.9. The molecule has 6 heteroatoms. The summed E-state index contributed by atoms with van der Waals surface area (Å²) in [6.07, 6.45) is 0. The molecule has 94 valence electrons. The molecule has 5 nitrogen and oxygen atoms in total. The fourth-order valence-electron chi connectivity index (χ4n) is 1.59. The standard InChI is InChI=1S/C12H10ClNO4/c13-9-3-1-2-8(4-9)10(15)5-14-11(16)6-18-7-12(14)17/h1-4H,5-7H2. The van der Waals surface area contributed by atoms with Gasteiger partial charge in [0.25, 0.3) is 11.8 Å². The molecule has 18 heavy (non-hydrogen) atoms. The Labute approximate surface area is 108 Å². The van der Waals surface area contributed by atoms with Crippen molar-refractivity contribution < 1.29 is 19.1 Å². The van der Waals surface area contributed by atoms with E-state index >= 15 is 0 Å². The summed E-state index contributed by atoms with van der Waals surface area (Å²) in [4.78, 5) is 35.7. The molecule has 1 aliphatic rings. The van der Waals surface area contributed by atoms with Crippen molar-refractivity contribution >= 4 is 29.2 Å². The van der Waals surface area contributed by atoms with Crippen molar-refractivity contribution in [1.29, 1.82) is 0 Å². The third-order valence-electron chi connectivity index (χ3n) is 2.50. The number of carbonyl (C=O) groups excluding carboxylic acids is 3. The van der Waals surface area contributed by atoms with E-state index < -0.39 is 11.8 Å². The van der Waals surface area contributed by atoms with E-state index in [0.717, 1.165) is 4.90 Å². The number of carbonyl (C=O) groups is 3. The van der Waals surface area contributed by atoms with Crippen LogP contribution in [-0.2, 0) is 14.3 Å². The largest absolute Gasteiger partial charge is 0.362 e. The second kappa shape index (κ2) is 5.29. The summed E-state index contributed by atoms with van der Waals surface area (Å²) in [5.41, 5.74) is 0.370. The van der Waals surface area contributed by atoms with E-state index in [4.69, 9.17) is 16.3 Å². The molecule has 1 aromatic rings. The number of morpholine rings is 1. The Morgan fingerprint density at radius 1 is 1.28 bits per heavy atom. The number of Topliss-reactive ketones (excluding diaryl/α,β-unsaturated/α-hetero) is 1. The number of ether oxygens (including phenoxy) is 1. The average molecular weight is 268 g/mol. The summed E-state index contributed by atoms with van der Waals surface area (Å²) in [5, 5.41) is 0.431. The van der Waals surface area contributed by atoms with Crippen LogP contribution in [0.25, 0.3) is 0 Å². The fourth-order valence-corrected chi connectivity index (χ4v) is 1.78. The van der Waals surface area contributed by atoms with Crippen LogP contribution < -0.4 is 0 Å². The first-order valence-electron chi connectivity index (χ1n) is 5.27. The zero-order valence-electron chi connectivity index (χ0n) is 9.39. The molecule has 0 bridgehead atoms. The van der Waals surface area contributed by atoms with Crippen LogP contribution in [0.4, 0.5) is 0 Å². The summed E-state index contributed by atoms with van der Waals surface area (Å²) in [7, 11) is 0. The van der Waals surface area contributed by atoms with E-state index in [-0.39, 0.29) is 25.5 Å². The van der Waals surface area contributed by atoms with Crippen molar-refractivity contribution in [3.8, 4) is 0 Å². The normalized spacial score (nSPS) is 15.9. The number of hydrogen-bond acceptors (Lipinski definition) is 4. The molecular weight excluding hydrogens is 258 g/mol. The van der Waals surface area contributed by atoms with Gasteiger partial charge >= 0.3 is 0 Å². The quantitative estimate of drug-likeness (QED) is 0.603. The molecule has 1 saturated heterocycles. The summed E-state index contributed by atoms with van der Waals surface area (Å²) in [6.45, 7) is -0.621. The fraction of sp³-hybridized carbons (Fsp3) is 0.250. The molecule has 0 radical (unpaired) electrons. The molecule has 0 N–H and O–H groups in total. The molecule has 0 aliphatic carbocycles. The van der Waals surface area contributed by atoms with Gasteiger partial charge in [-0.05, 0) is 12.1 Å². The maximum atomic E-state index is 11.9. The van der Waals surface area contributed by atoms with Gasteiger partial charge in [-0.15, -0.1) is 0 Å². The van der Waals surface area contributed by atoms with Gasteiger partial charge in [0.1, 0.15) is 13.2 Å². The average Bonchev–Trinajstić information content (AvgIpc) is 2.34. The van der Waals surface area contributed by atoms with Gasteiger partial charge in [-0.2, -0.15) is 0 Å². The van der Waals surface area contributed by atoms with Crippen LogP contribution in [0.2, 0.25) is 5.02 Å². The van der Waals surface area contributed by atoms with Gasteiger partial charge in [0.2, 0.25) is 0 Å². The van der Waals surface area contributed by atoms with Crippen LogP contribution in [-0.4, -0.2) is 42.3 Å². The van der Waals surface area contributed by atoms with Gasteiger partial charge in [0, 0.05) is 10.6 Å². The lowest BCUT2D eigenvalue weighted by molar-refractivity contribution is -0.157. The molecule has 1 aromatic carbocycles. The van der Waals surface area contributed by atoms with Crippen LogP contribution in [0.5, 0.6) is 0 Å². The highest BCUT2D eigenvalue weighted by atomic mass is 35.5. The number of ketones is 1. The number of imide groups is 1. The minimum absolute atomic E-state index is 0.172. The zero-order chi connectivity index (χ0) is 13.1. The molecule has 0 unspecified atom stereocenters. The molecule has 0 saturated carbocycles. The summed E-state index contributed by atoms with van der Waals surface area (Å²) in [6, 6.07) is 6.37. The Morgan fingerprint density at radius 3 is 2.56 bits per heavy atom. The van der Waals surface area contributed by atoms with Gasteiger partial charge in [-0.3, -0.25) is 19.3 Å². The summed E-state index contributed by atoms with van der Waals surface area (Å²) >= 11 is 5.77. The van der Waals surface area contributed by atoms with E-state index in [2.05, 4.69) is 0 Å². The maximum Gasteiger partial charge on any atom is 0.255 e. The van der Waals surface area contributed by atoms with Gasteiger partial charge in [0.05, 0.1) is 6.54 Å². The zero-order valence-corrected chi connectivity index (χ0v) is 10.1. The van der Waals surface area contributed by atoms with Crippen LogP contribution in [0, 0.1) is 0 Å². The topological polar surface area (TPSA) is 63.7 Å². The lowest BCUT2D eigenvalue weighted by Gasteiger charge is -2.24. The Kier molecular flexibility index (Phi) is 3.74. The highest BCUT2D eigenvalue weighted by Crippen LogP contribution is 2.12. The second-order valence-electron chi connectivity index (χ2n) is 3.80. The first kappa shape index (κ1) is 12.7. The molecule has 2 rings (SSSR count). The number of halogens is 1. The van der Waals surface area contributed by atoms with Crippen molar-refractivity contribution in [2.75, 3.05) is 19.8 Å². The first-order valence-corrected chi connectivity index (χ1v) is 5.65. The number of benzene rings is 1. The van der Waals surface area contributed by atoms with Crippen molar-refractivity contribution in [3.63, 3.8) is 0 Å². The highest BCUT2D eigenvalue weighted by molar-refractivity contribution is 6.31. The number of rotatable bonds is 3. The van der Waals surface area contributed by atoms with E-state index in [1.165, 1.54) is 6.07 Å². The second-order valence-corrected chi connectivity index (χ2v) is 4.24. The number of hydrogen-bond donors (Lipinski definition) is 0. The monoisotopic (exact) mass is 267 g/mol. The van der Waals surface area contributed by atoms with Crippen LogP contribution >= 0.6 is 11.6 Å². The minimum atomic E-state index is -0.498. The van der Waals surface area contributed by atoms with Crippen LogP contribution in [0.15, 0.2) is 24.3 Å². The van der Waals surface area contributed by atoms with E-state index in [0.29, 0.717) is 10.6 Å². The van der Waals surface area contributed by atoms with Crippen LogP contribution in [0.1, 0.15) is 10.4 Å². The number of nitrogens with zero attached hydrogens (tertiary/aromatic N) is 1. The molecular formula is C12H10ClNO4. The van der Waals surface area contributed by atoms with Crippen molar-refractivity contribution in [3.05, 3.63) is 34.9 Å². The third-order valence-corrected chi connectivity index (χ3v) is 2.74. The van der Waals surface area contributed by atoms with Crippen molar-refractivity contribution in [2.24, 2.45) is 0 Å². The Balaban J connectivity index is 2.11. The predicted octanol–water partition coefficient (Wildman–Crippen LogP) is 0.908.